The third-order valence-electron chi connectivity index (χ3n) is 6.57. The fraction of sp³-hybridized carbons (Fsp3) is 0.480. The van der Waals surface area contributed by atoms with Gasteiger partial charge in [-0.15, -0.1) is 0 Å². The lowest BCUT2D eigenvalue weighted by Gasteiger charge is -2.35. The first-order valence-corrected chi connectivity index (χ1v) is 12.0. The number of piperazine rings is 1. The van der Waals surface area contributed by atoms with Crippen molar-refractivity contribution in [2.45, 2.75) is 46.3 Å². The Morgan fingerprint density at radius 3 is 2.31 bits per heavy atom. The van der Waals surface area contributed by atoms with E-state index in [4.69, 9.17) is 0 Å². The normalized spacial score (nSPS) is 17.0. The molecular formula is C25H32N6O4. The van der Waals surface area contributed by atoms with Crippen LogP contribution in [-0.4, -0.2) is 86.9 Å². The molecular weight excluding hydrogens is 448 g/mol. The van der Waals surface area contributed by atoms with E-state index in [1.165, 1.54) is 13.0 Å². The molecule has 2 aliphatic heterocycles. The van der Waals surface area contributed by atoms with E-state index in [2.05, 4.69) is 10.4 Å². The maximum atomic E-state index is 13.2. The molecule has 1 aromatic heterocycles. The SMILES string of the molecule is CC(=O)N1CCN(C(=O)C(C)NC(=O)c2cc3n(n2)CCCN(Cc2ccc(C)cc2)C3=O)CC1. The number of amides is 4. The van der Waals surface area contributed by atoms with E-state index in [0.717, 1.165) is 17.5 Å². The largest absolute Gasteiger partial charge is 0.339 e. The average molecular weight is 481 g/mol. The maximum absolute atomic E-state index is 13.2. The Labute approximate surface area is 204 Å². The number of carbonyl (C=O) groups excluding carboxylic acids is 4. The summed E-state index contributed by atoms with van der Waals surface area (Å²) in [6.07, 6.45) is 0.731. The minimum atomic E-state index is -0.748. The van der Waals surface area contributed by atoms with Crippen LogP contribution in [0.2, 0.25) is 0 Å². The molecule has 2 aliphatic rings. The van der Waals surface area contributed by atoms with Gasteiger partial charge in [0.2, 0.25) is 11.8 Å². The van der Waals surface area contributed by atoms with E-state index in [9.17, 15) is 19.2 Å². The number of rotatable bonds is 5. The molecule has 0 radical (unpaired) electrons. The maximum Gasteiger partial charge on any atom is 0.272 e. The predicted octanol–water partition coefficient (Wildman–Crippen LogP) is 1.05. The fourth-order valence-electron chi connectivity index (χ4n) is 4.46. The molecule has 4 rings (SSSR count). The molecule has 2 aromatic rings. The third-order valence-corrected chi connectivity index (χ3v) is 6.57. The Bertz CT molecular complexity index is 1120. The summed E-state index contributed by atoms with van der Waals surface area (Å²) in [5.74, 6) is -0.874. The van der Waals surface area contributed by atoms with E-state index in [1.807, 2.05) is 31.2 Å². The molecule has 1 saturated heterocycles. The lowest BCUT2D eigenvalue weighted by atomic mass is 10.1. The monoisotopic (exact) mass is 480 g/mol. The highest BCUT2D eigenvalue weighted by Crippen LogP contribution is 2.17. The first-order chi connectivity index (χ1) is 16.7. The van der Waals surface area contributed by atoms with Gasteiger partial charge in [0, 0.05) is 58.8 Å². The van der Waals surface area contributed by atoms with E-state index < -0.39 is 11.9 Å². The number of fused-ring (bicyclic) bond motifs is 1. The van der Waals surface area contributed by atoms with Gasteiger partial charge in [0.15, 0.2) is 5.69 Å². The average Bonchev–Trinajstić information content (AvgIpc) is 3.22. The minimum absolute atomic E-state index is 0.00928. The molecule has 3 heterocycles. The number of carbonyl (C=O) groups is 4. The zero-order chi connectivity index (χ0) is 25.1. The number of nitrogens with zero attached hydrogens (tertiary/aromatic N) is 5. The highest BCUT2D eigenvalue weighted by molar-refractivity contribution is 5.99. The molecule has 0 saturated carbocycles. The highest BCUT2D eigenvalue weighted by Gasteiger charge is 2.29. The van der Waals surface area contributed by atoms with Crippen LogP contribution in [0.4, 0.5) is 0 Å². The topological polar surface area (TPSA) is 108 Å². The molecule has 4 amide bonds. The predicted molar refractivity (Wildman–Crippen MR) is 129 cm³/mol. The van der Waals surface area contributed by atoms with Gasteiger partial charge in [-0.25, -0.2) is 0 Å². The van der Waals surface area contributed by atoms with Crippen LogP contribution in [0.15, 0.2) is 30.3 Å². The Morgan fingerprint density at radius 2 is 1.66 bits per heavy atom. The Kier molecular flexibility index (Phi) is 7.18. The zero-order valence-electron chi connectivity index (χ0n) is 20.5. The molecule has 0 spiro atoms. The Balaban J connectivity index is 1.39. The van der Waals surface area contributed by atoms with Crippen molar-refractivity contribution in [3.8, 4) is 0 Å². The summed E-state index contributed by atoms with van der Waals surface area (Å²) in [6.45, 7) is 8.64. The van der Waals surface area contributed by atoms with Crippen molar-refractivity contribution in [2.24, 2.45) is 0 Å². The van der Waals surface area contributed by atoms with E-state index in [1.54, 1.807) is 26.3 Å². The zero-order valence-corrected chi connectivity index (χ0v) is 20.5. The number of hydrogen-bond donors (Lipinski definition) is 1. The van der Waals surface area contributed by atoms with E-state index in [-0.39, 0.29) is 23.4 Å². The molecule has 10 nitrogen and oxygen atoms in total. The first kappa shape index (κ1) is 24.4. The van der Waals surface area contributed by atoms with E-state index in [0.29, 0.717) is 51.5 Å². The van der Waals surface area contributed by atoms with Crippen molar-refractivity contribution in [3.05, 3.63) is 52.8 Å². The summed E-state index contributed by atoms with van der Waals surface area (Å²) in [5, 5.41) is 7.07. The van der Waals surface area contributed by atoms with Gasteiger partial charge in [-0.1, -0.05) is 29.8 Å². The molecule has 1 unspecified atom stereocenters. The van der Waals surface area contributed by atoms with Crippen LogP contribution in [-0.2, 0) is 22.7 Å². The summed E-state index contributed by atoms with van der Waals surface area (Å²) < 4.78 is 1.58. The van der Waals surface area contributed by atoms with Crippen molar-refractivity contribution in [1.29, 1.82) is 0 Å². The fourth-order valence-corrected chi connectivity index (χ4v) is 4.46. The molecule has 186 valence electrons. The summed E-state index contributed by atoms with van der Waals surface area (Å²) in [7, 11) is 0. The van der Waals surface area contributed by atoms with Gasteiger partial charge in [0.25, 0.3) is 11.8 Å². The van der Waals surface area contributed by atoms with Crippen LogP contribution in [0.1, 0.15) is 52.4 Å². The number of benzene rings is 1. The smallest absolute Gasteiger partial charge is 0.272 e. The molecule has 1 atom stereocenters. The Hall–Kier alpha value is -3.69. The second kappa shape index (κ2) is 10.3. The Morgan fingerprint density at radius 1 is 1.00 bits per heavy atom. The number of aryl methyl sites for hydroxylation is 2. The summed E-state index contributed by atoms with van der Waals surface area (Å²) in [6, 6.07) is 8.84. The summed E-state index contributed by atoms with van der Waals surface area (Å²) in [4.78, 5) is 55.5. The number of nitrogens with one attached hydrogen (secondary N) is 1. The van der Waals surface area contributed by atoms with Gasteiger partial charge in [-0.05, 0) is 25.8 Å². The van der Waals surface area contributed by atoms with Crippen LogP contribution in [0, 0.1) is 6.92 Å². The van der Waals surface area contributed by atoms with Crippen LogP contribution in [0.25, 0.3) is 0 Å². The van der Waals surface area contributed by atoms with Gasteiger partial charge >= 0.3 is 0 Å². The lowest BCUT2D eigenvalue weighted by molar-refractivity contribution is -0.139. The summed E-state index contributed by atoms with van der Waals surface area (Å²) in [5.41, 5.74) is 2.70. The third kappa shape index (κ3) is 5.52. The van der Waals surface area contributed by atoms with Gasteiger partial charge in [-0.2, -0.15) is 5.10 Å². The quantitative estimate of drug-likeness (QED) is 0.688. The van der Waals surface area contributed by atoms with Crippen LogP contribution in [0.3, 0.4) is 0 Å². The standard InChI is InChI=1S/C25H32N6O4/c1-17-5-7-20(8-6-17)16-30-9-4-10-31-22(25(30)35)15-21(27-31)23(33)26-18(2)24(34)29-13-11-28(12-14-29)19(3)32/h5-8,15,18H,4,9-14,16H2,1-3H3,(H,26,33). The van der Waals surface area contributed by atoms with E-state index >= 15 is 0 Å². The second-order valence-electron chi connectivity index (χ2n) is 9.23. The van der Waals surface area contributed by atoms with Gasteiger partial charge in [0.05, 0.1) is 0 Å². The molecule has 10 heteroatoms. The molecule has 1 aromatic carbocycles. The van der Waals surface area contributed by atoms with Crippen molar-refractivity contribution in [2.75, 3.05) is 32.7 Å². The lowest BCUT2D eigenvalue weighted by Crippen LogP contribution is -2.54. The van der Waals surface area contributed by atoms with Crippen molar-refractivity contribution in [3.63, 3.8) is 0 Å². The van der Waals surface area contributed by atoms with Crippen LogP contribution in [0.5, 0.6) is 0 Å². The molecule has 1 N–H and O–H groups in total. The molecule has 0 aliphatic carbocycles. The number of aromatic nitrogens is 2. The minimum Gasteiger partial charge on any atom is -0.339 e. The second-order valence-corrected chi connectivity index (χ2v) is 9.23. The molecule has 35 heavy (non-hydrogen) atoms. The van der Waals surface area contributed by atoms with Crippen molar-refractivity contribution < 1.29 is 19.2 Å². The molecule has 0 bridgehead atoms. The van der Waals surface area contributed by atoms with Crippen molar-refractivity contribution in [1.82, 2.24) is 29.8 Å². The van der Waals surface area contributed by atoms with Gasteiger partial charge in [-0.3, -0.25) is 23.9 Å². The van der Waals surface area contributed by atoms with Crippen LogP contribution < -0.4 is 5.32 Å². The highest BCUT2D eigenvalue weighted by atomic mass is 16.2. The molecule has 1 fully saturated rings. The van der Waals surface area contributed by atoms with Gasteiger partial charge < -0.3 is 20.0 Å². The van der Waals surface area contributed by atoms with Gasteiger partial charge in [0.1, 0.15) is 11.7 Å². The van der Waals surface area contributed by atoms with Crippen LogP contribution >= 0.6 is 0 Å². The number of hydrogen-bond acceptors (Lipinski definition) is 5. The summed E-state index contributed by atoms with van der Waals surface area (Å²) >= 11 is 0. The first-order valence-electron chi connectivity index (χ1n) is 12.0. The van der Waals surface area contributed by atoms with Crippen molar-refractivity contribution >= 4 is 23.6 Å².